The number of hydrogen-bond donors (Lipinski definition) is 1. The van der Waals surface area contributed by atoms with Crippen molar-refractivity contribution >= 4 is 5.91 Å². The lowest BCUT2D eigenvalue weighted by Crippen LogP contribution is -2.29. The Bertz CT molecular complexity index is 839. The molecule has 2 atom stereocenters. The molecular formula is C19H29N5O3. The molecule has 0 unspecified atom stereocenters. The van der Waals surface area contributed by atoms with Gasteiger partial charge in [0.1, 0.15) is 5.69 Å². The van der Waals surface area contributed by atoms with Crippen LogP contribution in [0, 0.1) is 0 Å². The molecule has 0 fully saturated rings. The Labute approximate surface area is 159 Å². The Hall–Kier alpha value is -2.35. The molecule has 3 heterocycles. The van der Waals surface area contributed by atoms with E-state index in [0.29, 0.717) is 31.1 Å². The number of aromatic nitrogens is 4. The molecule has 0 saturated heterocycles. The van der Waals surface area contributed by atoms with E-state index in [9.17, 15) is 4.79 Å². The molecule has 2 aromatic rings. The monoisotopic (exact) mass is 375 g/mol. The topological polar surface area (TPSA) is 83.2 Å². The lowest BCUT2D eigenvalue weighted by Gasteiger charge is -2.24. The summed E-state index contributed by atoms with van der Waals surface area (Å²) in [6.07, 6.45) is 1.43. The molecule has 0 aromatic carbocycles. The third-order valence-electron chi connectivity index (χ3n) is 5.03. The number of aryl methyl sites for hydroxylation is 3. The van der Waals surface area contributed by atoms with Gasteiger partial charge in [0.15, 0.2) is 0 Å². The van der Waals surface area contributed by atoms with Crippen molar-refractivity contribution in [1.29, 1.82) is 0 Å². The smallest absolute Gasteiger partial charge is 0.270 e. The summed E-state index contributed by atoms with van der Waals surface area (Å²) in [5, 5.41) is 12.1. The zero-order chi connectivity index (χ0) is 19.7. The molecule has 27 heavy (non-hydrogen) atoms. The number of rotatable bonds is 6. The summed E-state index contributed by atoms with van der Waals surface area (Å²) in [6, 6.07) is 0. The quantitative estimate of drug-likeness (QED) is 0.836. The maximum Gasteiger partial charge on any atom is 0.270 e. The largest absolute Gasteiger partial charge is 0.481 e. The van der Waals surface area contributed by atoms with Gasteiger partial charge in [-0.15, -0.1) is 0 Å². The van der Waals surface area contributed by atoms with Crippen LogP contribution >= 0.6 is 0 Å². The fourth-order valence-electron chi connectivity index (χ4n) is 3.85. The molecule has 8 nitrogen and oxygen atoms in total. The second-order valence-electron chi connectivity index (χ2n) is 6.92. The Morgan fingerprint density at radius 3 is 2.70 bits per heavy atom. The summed E-state index contributed by atoms with van der Waals surface area (Å²) in [5.41, 5.74) is 4.34. The van der Waals surface area contributed by atoms with Gasteiger partial charge in [0, 0.05) is 25.6 Å². The molecule has 0 spiro atoms. The van der Waals surface area contributed by atoms with Crippen molar-refractivity contribution in [3.63, 3.8) is 0 Å². The second kappa shape index (κ2) is 7.72. The van der Waals surface area contributed by atoms with Crippen LogP contribution in [0.3, 0.4) is 0 Å². The van der Waals surface area contributed by atoms with E-state index in [1.165, 1.54) is 0 Å². The highest BCUT2D eigenvalue weighted by atomic mass is 16.5. The van der Waals surface area contributed by atoms with Crippen LogP contribution in [0.25, 0.3) is 0 Å². The van der Waals surface area contributed by atoms with Crippen LogP contribution in [0.15, 0.2) is 0 Å². The van der Waals surface area contributed by atoms with E-state index in [-0.39, 0.29) is 18.1 Å². The molecule has 0 radical (unpaired) electrons. The lowest BCUT2D eigenvalue weighted by molar-refractivity contribution is -0.00712. The molecule has 148 valence electrons. The van der Waals surface area contributed by atoms with Gasteiger partial charge in [0.2, 0.25) is 5.88 Å². The molecule has 1 aliphatic rings. The first kappa shape index (κ1) is 19.4. The summed E-state index contributed by atoms with van der Waals surface area (Å²) in [5.74, 6) is 0.550. The van der Waals surface area contributed by atoms with Crippen LogP contribution in [-0.4, -0.2) is 38.7 Å². The molecule has 1 amide bonds. The summed E-state index contributed by atoms with van der Waals surface area (Å²) < 4.78 is 14.8. The summed E-state index contributed by atoms with van der Waals surface area (Å²) in [7, 11) is 3.46. The normalized spacial score (nSPS) is 19.0. The maximum atomic E-state index is 13.1. The SMILES string of the molecule is CCc1nn(C)c(OC)c1CNC(=O)c1c2c(nn1CC)[C@H](C)O[C@H](C)C2. The number of ether oxygens (including phenoxy) is 2. The standard InChI is InChI=1S/C19H29N5O3/c1-7-15-14(19(26-6)23(5)21-15)10-20-18(25)17-13-9-11(3)27-12(4)16(13)22-24(17)8-2/h11-12H,7-10H2,1-6H3,(H,20,25)/t11-,12+/m1/s1. The van der Waals surface area contributed by atoms with Crippen LogP contribution in [0.4, 0.5) is 0 Å². The Kier molecular flexibility index (Phi) is 5.55. The number of hydrogen-bond acceptors (Lipinski definition) is 5. The predicted molar refractivity (Wildman–Crippen MR) is 101 cm³/mol. The van der Waals surface area contributed by atoms with Crippen molar-refractivity contribution in [2.45, 2.75) is 65.8 Å². The molecule has 0 aliphatic carbocycles. The van der Waals surface area contributed by atoms with Crippen LogP contribution < -0.4 is 10.1 Å². The number of fused-ring (bicyclic) bond motifs is 1. The third-order valence-corrected chi connectivity index (χ3v) is 5.03. The number of methoxy groups -OCH3 is 1. The first-order valence-electron chi connectivity index (χ1n) is 9.53. The van der Waals surface area contributed by atoms with Gasteiger partial charge < -0.3 is 14.8 Å². The number of carbonyl (C=O) groups is 1. The number of carbonyl (C=O) groups excluding carboxylic acids is 1. The van der Waals surface area contributed by atoms with E-state index in [4.69, 9.17) is 9.47 Å². The second-order valence-corrected chi connectivity index (χ2v) is 6.92. The molecular weight excluding hydrogens is 346 g/mol. The van der Waals surface area contributed by atoms with Gasteiger partial charge in [0.25, 0.3) is 5.91 Å². The summed E-state index contributed by atoms with van der Waals surface area (Å²) in [4.78, 5) is 13.1. The number of nitrogens with zero attached hydrogens (tertiary/aromatic N) is 4. The highest BCUT2D eigenvalue weighted by Gasteiger charge is 2.32. The Balaban J connectivity index is 1.88. The van der Waals surface area contributed by atoms with Crippen LogP contribution in [-0.2, 0) is 37.7 Å². The first-order chi connectivity index (χ1) is 12.9. The molecule has 0 bridgehead atoms. The zero-order valence-electron chi connectivity index (χ0n) is 17.0. The van der Waals surface area contributed by atoms with Gasteiger partial charge in [-0.2, -0.15) is 10.2 Å². The van der Waals surface area contributed by atoms with E-state index in [1.807, 2.05) is 34.7 Å². The fraction of sp³-hybridized carbons (Fsp3) is 0.632. The predicted octanol–water partition coefficient (Wildman–Crippen LogP) is 2.16. The average Bonchev–Trinajstić information content (AvgIpc) is 3.16. The van der Waals surface area contributed by atoms with Crippen molar-refractivity contribution in [3.8, 4) is 5.88 Å². The molecule has 1 aliphatic heterocycles. The third kappa shape index (κ3) is 3.45. The van der Waals surface area contributed by atoms with Crippen molar-refractivity contribution in [3.05, 3.63) is 28.2 Å². The van der Waals surface area contributed by atoms with E-state index >= 15 is 0 Å². The lowest BCUT2D eigenvalue weighted by atomic mass is 9.99. The molecule has 0 saturated carbocycles. The Morgan fingerprint density at radius 2 is 2.07 bits per heavy atom. The zero-order valence-corrected chi connectivity index (χ0v) is 17.0. The van der Waals surface area contributed by atoms with E-state index in [1.54, 1.807) is 16.5 Å². The van der Waals surface area contributed by atoms with Gasteiger partial charge in [0.05, 0.1) is 42.8 Å². The molecule has 8 heteroatoms. The van der Waals surface area contributed by atoms with Crippen molar-refractivity contribution in [1.82, 2.24) is 24.9 Å². The highest BCUT2D eigenvalue weighted by Crippen LogP contribution is 2.31. The average molecular weight is 375 g/mol. The number of amides is 1. The molecule has 2 aromatic heterocycles. The Morgan fingerprint density at radius 1 is 1.33 bits per heavy atom. The van der Waals surface area contributed by atoms with E-state index < -0.39 is 0 Å². The van der Waals surface area contributed by atoms with Gasteiger partial charge in [-0.25, -0.2) is 4.68 Å². The molecule has 3 rings (SSSR count). The first-order valence-corrected chi connectivity index (χ1v) is 9.53. The minimum atomic E-state index is -0.125. The van der Waals surface area contributed by atoms with E-state index in [0.717, 1.165) is 28.9 Å². The van der Waals surface area contributed by atoms with Crippen molar-refractivity contribution in [2.75, 3.05) is 7.11 Å². The molecule has 1 N–H and O–H groups in total. The summed E-state index contributed by atoms with van der Waals surface area (Å²) >= 11 is 0. The van der Waals surface area contributed by atoms with Gasteiger partial charge in [-0.3, -0.25) is 9.48 Å². The minimum absolute atomic E-state index is 0.0682. The van der Waals surface area contributed by atoms with Gasteiger partial charge >= 0.3 is 0 Å². The van der Waals surface area contributed by atoms with Crippen molar-refractivity contribution in [2.24, 2.45) is 7.05 Å². The van der Waals surface area contributed by atoms with Crippen molar-refractivity contribution < 1.29 is 14.3 Å². The van der Waals surface area contributed by atoms with Crippen LogP contribution in [0.1, 0.15) is 66.8 Å². The fourth-order valence-corrected chi connectivity index (χ4v) is 3.85. The minimum Gasteiger partial charge on any atom is -0.481 e. The van der Waals surface area contributed by atoms with E-state index in [2.05, 4.69) is 15.5 Å². The number of nitrogens with one attached hydrogen (secondary N) is 1. The highest BCUT2D eigenvalue weighted by molar-refractivity contribution is 5.94. The summed E-state index contributed by atoms with van der Waals surface area (Å²) in [6.45, 7) is 9.04. The van der Waals surface area contributed by atoms with Crippen LogP contribution in [0.5, 0.6) is 5.88 Å². The maximum absolute atomic E-state index is 13.1. The van der Waals surface area contributed by atoms with Gasteiger partial charge in [-0.1, -0.05) is 6.92 Å². The van der Waals surface area contributed by atoms with Crippen LogP contribution in [0.2, 0.25) is 0 Å². The van der Waals surface area contributed by atoms with Gasteiger partial charge in [-0.05, 0) is 27.2 Å².